The summed E-state index contributed by atoms with van der Waals surface area (Å²) in [4.78, 5) is 50.6. The van der Waals surface area contributed by atoms with Crippen LogP contribution in [0.3, 0.4) is 0 Å². The number of hydrogen-bond acceptors (Lipinski definition) is 5. The highest BCUT2D eigenvalue weighted by Crippen LogP contribution is 2.25. The number of anilines is 1. The first kappa shape index (κ1) is 28.1. The van der Waals surface area contributed by atoms with E-state index in [0.29, 0.717) is 25.1 Å². The molecule has 3 rings (SSSR count). The van der Waals surface area contributed by atoms with Crippen molar-refractivity contribution in [2.45, 2.75) is 85.4 Å². The van der Waals surface area contributed by atoms with Crippen LogP contribution in [0.2, 0.25) is 0 Å². The maximum absolute atomic E-state index is 12.7. The molecule has 1 aromatic carbocycles. The van der Waals surface area contributed by atoms with Crippen LogP contribution in [-0.2, 0) is 20.7 Å². The predicted molar refractivity (Wildman–Crippen MR) is 135 cm³/mol. The molecule has 0 radical (unpaired) electrons. The van der Waals surface area contributed by atoms with E-state index in [4.69, 9.17) is 4.74 Å². The van der Waals surface area contributed by atoms with Gasteiger partial charge in [-0.2, -0.15) is 0 Å². The summed E-state index contributed by atoms with van der Waals surface area (Å²) < 4.78 is 5.22. The molecule has 2 aliphatic heterocycles. The second kappa shape index (κ2) is 12.0. The Morgan fingerprint density at radius 1 is 1.09 bits per heavy atom. The quantitative estimate of drug-likeness (QED) is 0.587. The molecule has 9 nitrogen and oxygen atoms in total. The lowest BCUT2D eigenvalue weighted by Crippen LogP contribution is -2.51. The SMILES string of the molecule is CC.CC(NC(=O)OC(C)(C)C)C(=O)N1CCC(C(C)NC(=O)c2ccc3c(c2)CC(=O)N3)CC1. The molecule has 2 atom stereocenters. The molecule has 9 heteroatoms. The van der Waals surface area contributed by atoms with E-state index in [0.717, 1.165) is 24.1 Å². The molecule has 194 valence electrons. The molecular formula is C26H40N4O5. The summed E-state index contributed by atoms with van der Waals surface area (Å²) in [5, 5.41) is 8.42. The molecule has 0 aliphatic carbocycles. The second-order valence-electron chi connectivity index (χ2n) is 9.89. The van der Waals surface area contributed by atoms with E-state index in [-0.39, 0.29) is 29.7 Å². The second-order valence-corrected chi connectivity index (χ2v) is 9.89. The van der Waals surface area contributed by atoms with E-state index in [2.05, 4.69) is 16.0 Å². The van der Waals surface area contributed by atoms with Crippen molar-refractivity contribution < 1.29 is 23.9 Å². The molecule has 0 bridgehead atoms. The number of rotatable bonds is 5. The van der Waals surface area contributed by atoms with Crippen molar-refractivity contribution in [2.24, 2.45) is 5.92 Å². The summed E-state index contributed by atoms with van der Waals surface area (Å²) in [6.45, 7) is 14.1. The Labute approximate surface area is 208 Å². The molecular weight excluding hydrogens is 448 g/mol. The van der Waals surface area contributed by atoms with Gasteiger partial charge in [-0.15, -0.1) is 0 Å². The lowest BCUT2D eigenvalue weighted by atomic mass is 9.90. The van der Waals surface area contributed by atoms with E-state index < -0.39 is 17.7 Å². The van der Waals surface area contributed by atoms with Crippen molar-refractivity contribution in [3.8, 4) is 0 Å². The number of amides is 4. The number of nitrogens with zero attached hydrogens (tertiary/aromatic N) is 1. The Balaban J connectivity index is 0.00000210. The van der Waals surface area contributed by atoms with E-state index in [1.807, 2.05) is 20.8 Å². The van der Waals surface area contributed by atoms with Gasteiger partial charge < -0.3 is 25.6 Å². The van der Waals surface area contributed by atoms with Gasteiger partial charge >= 0.3 is 6.09 Å². The van der Waals surface area contributed by atoms with Gasteiger partial charge in [0.1, 0.15) is 11.6 Å². The van der Waals surface area contributed by atoms with Gasteiger partial charge in [-0.05, 0) is 77.1 Å². The van der Waals surface area contributed by atoms with E-state index in [1.165, 1.54) is 0 Å². The van der Waals surface area contributed by atoms with Gasteiger partial charge in [0.15, 0.2) is 0 Å². The van der Waals surface area contributed by atoms with Crippen LogP contribution in [0, 0.1) is 5.92 Å². The van der Waals surface area contributed by atoms with Gasteiger partial charge in [0.25, 0.3) is 5.91 Å². The molecule has 2 aliphatic rings. The summed E-state index contributed by atoms with van der Waals surface area (Å²) in [6, 6.07) is 4.51. The monoisotopic (exact) mass is 488 g/mol. The molecule has 0 saturated carbocycles. The number of benzene rings is 1. The van der Waals surface area contributed by atoms with Crippen molar-refractivity contribution >= 4 is 29.5 Å². The molecule has 2 unspecified atom stereocenters. The third-order valence-corrected chi connectivity index (χ3v) is 6.01. The zero-order valence-corrected chi connectivity index (χ0v) is 22.0. The minimum Gasteiger partial charge on any atom is -0.444 e. The smallest absolute Gasteiger partial charge is 0.408 e. The van der Waals surface area contributed by atoms with Gasteiger partial charge in [-0.1, -0.05) is 13.8 Å². The Hall–Kier alpha value is -3.10. The molecule has 2 heterocycles. The van der Waals surface area contributed by atoms with Crippen molar-refractivity contribution in [1.82, 2.24) is 15.5 Å². The molecule has 3 N–H and O–H groups in total. The summed E-state index contributed by atoms with van der Waals surface area (Å²) in [6.07, 6.45) is 1.20. The Morgan fingerprint density at radius 3 is 2.31 bits per heavy atom. The first-order valence-electron chi connectivity index (χ1n) is 12.4. The van der Waals surface area contributed by atoms with Crippen LogP contribution in [0.5, 0.6) is 0 Å². The zero-order chi connectivity index (χ0) is 26.3. The number of carbonyl (C=O) groups excluding carboxylic acids is 4. The minimum atomic E-state index is -0.672. The summed E-state index contributed by atoms with van der Waals surface area (Å²) in [5.41, 5.74) is 1.50. The van der Waals surface area contributed by atoms with Crippen LogP contribution >= 0.6 is 0 Å². The number of ether oxygens (including phenoxy) is 1. The Kier molecular flexibility index (Phi) is 9.68. The maximum Gasteiger partial charge on any atom is 0.408 e. The van der Waals surface area contributed by atoms with Gasteiger partial charge in [-0.25, -0.2) is 4.79 Å². The average Bonchev–Trinajstić information content (AvgIpc) is 3.17. The average molecular weight is 489 g/mol. The number of piperidine rings is 1. The Bertz CT molecular complexity index is 932. The first-order chi connectivity index (χ1) is 16.4. The number of likely N-dealkylation sites (tertiary alicyclic amines) is 1. The van der Waals surface area contributed by atoms with Crippen molar-refractivity contribution in [3.05, 3.63) is 29.3 Å². The maximum atomic E-state index is 12.7. The minimum absolute atomic E-state index is 0.0555. The largest absolute Gasteiger partial charge is 0.444 e. The van der Waals surface area contributed by atoms with Crippen LogP contribution in [0.1, 0.15) is 77.2 Å². The highest BCUT2D eigenvalue weighted by Gasteiger charge is 2.30. The highest BCUT2D eigenvalue weighted by molar-refractivity contribution is 6.01. The lowest BCUT2D eigenvalue weighted by molar-refractivity contribution is -0.134. The molecule has 4 amide bonds. The van der Waals surface area contributed by atoms with E-state index >= 15 is 0 Å². The predicted octanol–water partition coefficient (Wildman–Crippen LogP) is 3.48. The number of carbonyl (C=O) groups is 4. The lowest BCUT2D eigenvalue weighted by Gasteiger charge is -2.36. The molecule has 1 saturated heterocycles. The fourth-order valence-electron chi connectivity index (χ4n) is 4.22. The topological polar surface area (TPSA) is 117 Å². The van der Waals surface area contributed by atoms with Crippen molar-refractivity contribution in [3.63, 3.8) is 0 Å². The van der Waals surface area contributed by atoms with Gasteiger partial charge in [-0.3, -0.25) is 14.4 Å². The molecule has 1 aromatic rings. The van der Waals surface area contributed by atoms with E-state index in [1.54, 1.807) is 50.8 Å². The molecule has 0 spiro atoms. The summed E-state index contributed by atoms with van der Waals surface area (Å²) in [5.74, 6) is -0.131. The van der Waals surface area contributed by atoms with Crippen LogP contribution < -0.4 is 16.0 Å². The number of fused-ring (bicyclic) bond motifs is 1. The number of nitrogens with one attached hydrogen (secondary N) is 3. The zero-order valence-electron chi connectivity index (χ0n) is 22.0. The molecule has 1 fully saturated rings. The van der Waals surface area contributed by atoms with Gasteiger partial charge in [0.2, 0.25) is 11.8 Å². The number of hydrogen-bond donors (Lipinski definition) is 3. The van der Waals surface area contributed by atoms with Crippen LogP contribution in [0.4, 0.5) is 10.5 Å². The van der Waals surface area contributed by atoms with Crippen LogP contribution in [0.15, 0.2) is 18.2 Å². The third-order valence-electron chi connectivity index (χ3n) is 6.01. The van der Waals surface area contributed by atoms with Gasteiger partial charge in [0, 0.05) is 30.4 Å². The standard InChI is InChI=1S/C24H34N4O5.C2H6/c1-14(25-21(30)17-6-7-19-18(12-17)13-20(29)27-19)16-8-10-28(11-9-16)22(31)15(2)26-23(32)33-24(3,4)5;1-2/h6-7,12,14-16H,8-11,13H2,1-5H3,(H,25,30)(H,26,32)(H,27,29);1-2H3. The van der Waals surface area contributed by atoms with Crippen molar-refractivity contribution in [1.29, 1.82) is 0 Å². The fourth-order valence-corrected chi connectivity index (χ4v) is 4.22. The fraction of sp³-hybridized carbons (Fsp3) is 0.615. The van der Waals surface area contributed by atoms with E-state index in [9.17, 15) is 19.2 Å². The Morgan fingerprint density at radius 2 is 1.71 bits per heavy atom. The highest BCUT2D eigenvalue weighted by atomic mass is 16.6. The van der Waals surface area contributed by atoms with Gasteiger partial charge in [0.05, 0.1) is 6.42 Å². The summed E-state index contributed by atoms with van der Waals surface area (Å²) >= 11 is 0. The van der Waals surface area contributed by atoms with Crippen LogP contribution in [0.25, 0.3) is 0 Å². The van der Waals surface area contributed by atoms with Crippen molar-refractivity contribution in [2.75, 3.05) is 18.4 Å². The first-order valence-corrected chi connectivity index (χ1v) is 12.4. The third kappa shape index (κ3) is 7.97. The molecule has 0 aromatic heterocycles. The normalized spacial score (nSPS) is 17.2. The van der Waals surface area contributed by atoms with Crippen LogP contribution in [-0.4, -0.2) is 59.5 Å². The number of alkyl carbamates (subject to hydrolysis) is 1. The molecule has 35 heavy (non-hydrogen) atoms. The summed E-state index contributed by atoms with van der Waals surface area (Å²) in [7, 11) is 0.